The monoisotopic (exact) mass is 337 g/mol. The Kier molecular flexibility index (Phi) is 3.72. The number of nitrogens with zero attached hydrogens (tertiary/aromatic N) is 1. The summed E-state index contributed by atoms with van der Waals surface area (Å²) in [6.07, 6.45) is 1.04. The summed E-state index contributed by atoms with van der Waals surface area (Å²) in [5.41, 5.74) is 0.700. The van der Waals surface area contributed by atoms with E-state index in [2.05, 4.69) is 10.3 Å². The van der Waals surface area contributed by atoms with Gasteiger partial charge in [0.05, 0.1) is 17.3 Å². The van der Waals surface area contributed by atoms with Crippen LogP contribution in [0, 0.1) is 5.82 Å². The molecule has 2 aromatic carbocycles. The van der Waals surface area contributed by atoms with Gasteiger partial charge in [-0.2, -0.15) is 0 Å². The molecule has 2 heterocycles. The number of aromatic nitrogens is 2. The van der Waals surface area contributed by atoms with Crippen molar-refractivity contribution in [3.63, 3.8) is 0 Å². The molecule has 6 heteroatoms. The van der Waals surface area contributed by atoms with E-state index in [0.717, 1.165) is 4.57 Å². The van der Waals surface area contributed by atoms with Gasteiger partial charge in [-0.25, -0.2) is 13.8 Å². The van der Waals surface area contributed by atoms with Crippen molar-refractivity contribution in [3.05, 3.63) is 92.4 Å². The number of fused-ring (bicyclic) bond motifs is 1. The molecule has 0 spiro atoms. The number of anilines is 1. The van der Waals surface area contributed by atoms with Gasteiger partial charge in [0, 0.05) is 5.56 Å². The molecule has 0 bridgehead atoms. The van der Waals surface area contributed by atoms with Gasteiger partial charge in [0.25, 0.3) is 5.56 Å². The van der Waals surface area contributed by atoms with Gasteiger partial charge in [-0.05, 0) is 31.0 Å². The number of para-hydroxylation sites is 1. The molecule has 0 fully saturated rings. The lowest BCUT2D eigenvalue weighted by molar-refractivity contribution is 0.567. The molecule has 0 amide bonds. The average Bonchev–Trinajstić information content (AvgIpc) is 2.62. The van der Waals surface area contributed by atoms with Crippen LogP contribution in [0.3, 0.4) is 0 Å². The SMILES string of the molecule is O=c1[nH]c2c(c(=O)n1-c1ccccc1)CC[C@@H](c1ccccc1F)N2. The molecular formula is C19H16FN3O2. The van der Waals surface area contributed by atoms with Crippen molar-refractivity contribution >= 4 is 5.82 Å². The highest BCUT2D eigenvalue weighted by molar-refractivity contribution is 5.49. The van der Waals surface area contributed by atoms with Gasteiger partial charge >= 0.3 is 5.69 Å². The van der Waals surface area contributed by atoms with Crippen LogP contribution in [-0.4, -0.2) is 9.55 Å². The number of hydrogen-bond acceptors (Lipinski definition) is 3. The topological polar surface area (TPSA) is 66.9 Å². The van der Waals surface area contributed by atoms with Gasteiger partial charge in [0.2, 0.25) is 0 Å². The van der Waals surface area contributed by atoms with Crippen LogP contribution in [0.5, 0.6) is 0 Å². The predicted octanol–water partition coefficient (Wildman–Crippen LogP) is 2.76. The summed E-state index contributed by atoms with van der Waals surface area (Å²) in [7, 11) is 0. The average molecular weight is 337 g/mol. The van der Waals surface area contributed by atoms with E-state index >= 15 is 0 Å². The highest BCUT2D eigenvalue weighted by Gasteiger charge is 2.25. The second kappa shape index (κ2) is 6.05. The first-order chi connectivity index (χ1) is 12.1. The van der Waals surface area contributed by atoms with Crippen molar-refractivity contribution in [1.82, 2.24) is 9.55 Å². The second-order valence-electron chi connectivity index (χ2n) is 6.02. The van der Waals surface area contributed by atoms with Gasteiger partial charge in [-0.15, -0.1) is 0 Å². The Morgan fingerprint density at radius 2 is 1.72 bits per heavy atom. The fraction of sp³-hybridized carbons (Fsp3) is 0.158. The number of hydrogen-bond donors (Lipinski definition) is 2. The first-order valence-corrected chi connectivity index (χ1v) is 8.10. The quantitative estimate of drug-likeness (QED) is 0.756. The number of rotatable bonds is 2. The summed E-state index contributed by atoms with van der Waals surface area (Å²) < 4.78 is 15.1. The Morgan fingerprint density at radius 3 is 2.48 bits per heavy atom. The fourth-order valence-electron chi connectivity index (χ4n) is 3.27. The lowest BCUT2D eigenvalue weighted by Crippen LogP contribution is -2.39. The van der Waals surface area contributed by atoms with Gasteiger partial charge in [0.15, 0.2) is 0 Å². The normalized spacial score (nSPS) is 16.1. The molecule has 25 heavy (non-hydrogen) atoms. The minimum absolute atomic E-state index is 0.281. The highest BCUT2D eigenvalue weighted by atomic mass is 19.1. The van der Waals surface area contributed by atoms with E-state index in [1.54, 1.807) is 42.5 Å². The highest BCUT2D eigenvalue weighted by Crippen LogP contribution is 2.30. The van der Waals surface area contributed by atoms with Crippen molar-refractivity contribution < 1.29 is 4.39 Å². The van der Waals surface area contributed by atoms with Crippen molar-refractivity contribution in [1.29, 1.82) is 0 Å². The zero-order valence-corrected chi connectivity index (χ0v) is 13.3. The van der Waals surface area contributed by atoms with E-state index < -0.39 is 5.69 Å². The van der Waals surface area contributed by atoms with Crippen LogP contribution in [0.4, 0.5) is 10.2 Å². The molecule has 1 atom stereocenters. The molecule has 3 aromatic rings. The number of halogens is 1. The smallest absolute Gasteiger partial charge is 0.334 e. The number of H-pyrrole nitrogens is 1. The Morgan fingerprint density at radius 1 is 1.00 bits per heavy atom. The van der Waals surface area contributed by atoms with Gasteiger partial charge < -0.3 is 5.32 Å². The maximum atomic E-state index is 14.0. The summed E-state index contributed by atoms with van der Waals surface area (Å²) in [6, 6.07) is 15.0. The van der Waals surface area contributed by atoms with Crippen LogP contribution in [0.25, 0.3) is 5.69 Å². The molecule has 1 aromatic heterocycles. The maximum Gasteiger partial charge on any atom is 0.334 e. The van der Waals surface area contributed by atoms with Crippen molar-refractivity contribution in [2.45, 2.75) is 18.9 Å². The lowest BCUT2D eigenvalue weighted by atomic mass is 9.95. The summed E-state index contributed by atoms with van der Waals surface area (Å²) in [6.45, 7) is 0. The van der Waals surface area contributed by atoms with Crippen LogP contribution in [0.2, 0.25) is 0 Å². The Hall–Kier alpha value is -3.15. The molecule has 0 saturated heterocycles. The van der Waals surface area contributed by atoms with E-state index in [0.29, 0.717) is 35.5 Å². The molecule has 0 aliphatic carbocycles. The molecular weight excluding hydrogens is 321 g/mol. The van der Waals surface area contributed by atoms with E-state index in [9.17, 15) is 14.0 Å². The fourth-order valence-corrected chi connectivity index (χ4v) is 3.27. The number of aromatic amines is 1. The summed E-state index contributed by atoms with van der Waals surface area (Å²) in [4.78, 5) is 27.9. The standard InChI is InChI=1S/C19H16FN3O2/c20-15-9-5-4-8-13(15)16-11-10-14-17(21-16)22-19(25)23(18(14)24)12-6-2-1-3-7-12/h1-9,16,21H,10-11H2,(H,22,25)/t16-/m0/s1. The third-order valence-electron chi connectivity index (χ3n) is 4.49. The third-order valence-corrected chi connectivity index (χ3v) is 4.49. The van der Waals surface area contributed by atoms with Crippen molar-refractivity contribution in [2.75, 3.05) is 5.32 Å². The van der Waals surface area contributed by atoms with Crippen LogP contribution >= 0.6 is 0 Å². The maximum absolute atomic E-state index is 14.0. The Bertz CT molecular complexity index is 1040. The van der Waals surface area contributed by atoms with Gasteiger partial charge in [-0.3, -0.25) is 9.78 Å². The first kappa shape index (κ1) is 15.4. The number of nitrogens with one attached hydrogen (secondary N) is 2. The zero-order chi connectivity index (χ0) is 17.4. The molecule has 126 valence electrons. The minimum atomic E-state index is -0.517. The molecule has 0 unspecified atom stereocenters. The molecule has 0 radical (unpaired) electrons. The first-order valence-electron chi connectivity index (χ1n) is 8.10. The van der Waals surface area contributed by atoms with E-state index in [4.69, 9.17) is 0 Å². The van der Waals surface area contributed by atoms with E-state index in [1.165, 1.54) is 6.07 Å². The van der Waals surface area contributed by atoms with Crippen LogP contribution < -0.4 is 16.6 Å². The minimum Gasteiger partial charge on any atom is -0.364 e. The largest absolute Gasteiger partial charge is 0.364 e. The molecule has 2 N–H and O–H groups in total. The van der Waals surface area contributed by atoms with E-state index in [-0.39, 0.29) is 17.4 Å². The zero-order valence-electron chi connectivity index (χ0n) is 13.3. The summed E-state index contributed by atoms with van der Waals surface area (Å²) in [5.74, 6) is 0.0742. The number of benzene rings is 2. The van der Waals surface area contributed by atoms with Crippen molar-refractivity contribution in [3.8, 4) is 5.69 Å². The van der Waals surface area contributed by atoms with Gasteiger partial charge in [0.1, 0.15) is 11.6 Å². The molecule has 4 rings (SSSR count). The van der Waals surface area contributed by atoms with Crippen LogP contribution in [-0.2, 0) is 6.42 Å². The lowest BCUT2D eigenvalue weighted by Gasteiger charge is -2.27. The van der Waals surface area contributed by atoms with Crippen LogP contribution in [0.15, 0.2) is 64.2 Å². The van der Waals surface area contributed by atoms with Crippen molar-refractivity contribution in [2.24, 2.45) is 0 Å². The molecule has 5 nitrogen and oxygen atoms in total. The van der Waals surface area contributed by atoms with E-state index in [1.807, 2.05) is 6.07 Å². The molecule has 1 aliphatic heterocycles. The van der Waals surface area contributed by atoms with Gasteiger partial charge in [-0.1, -0.05) is 36.4 Å². The summed E-state index contributed by atoms with van der Waals surface area (Å²) >= 11 is 0. The molecule has 1 aliphatic rings. The Balaban J connectivity index is 1.78. The second-order valence-corrected chi connectivity index (χ2v) is 6.02. The Labute approximate surface area is 142 Å². The van der Waals surface area contributed by atoms with Crippen LogP contribution in [0.1, 0.15) is 23.6 Å². The third kappa shape index (κ3) is 2.65. The summed E-state index contributed by atoms with van der Waals surface area (Å²) in [5, 5.41) is 3.11. The predicted molar refractivity (Wildman–Crippen MR) is 93.7 cm³/mol. The molecule has 0 saturated carbocycles.